The molecule has 0 atom stereocenters. The third-order valence-corrected chi connectivity index (χ3v) is 2.99. The molecule has 0 fully saturated rings. The van der Waals surface area contributed by atoms with E-state index in [-0.39, 0.29) is 11.3 Å². The van der Waals surface area contributed by atoms with Crippen molar-refractivity contribution >= 4 is 17.6 Å². The first-order chi connectivity index (χ1) is 10.5. The van der Waals surface area contributed by atoms with Crippen LogP contribution < -0.4 is 14.8 Å². The summed E-state index contributed by atoms with van der Waals surface area (Å²) in [6.07, 6.45) is 1.13. The lowest BCUT2D eigenvalue weighted by molar-refractivity contribution is 0.0692. The molecule has 8 nitrogen and oxygen atoms in total. The van der Waals surface area contributed by atoms with E-state index in [9.17, 15) is 9.59 Å². The quantitative estimate of drug-likeness (QED) is 0.865. The molecule has 0 aliphatic carbocycles. The van der Waals surface area contributed by atoms with Gasteiger partial charge in [0.25, 0.3) is 5.91 Å². The highest BCUT2D eigenvalue weighted by Gasteiger charge is 2.22. The minimum absolute atomic E-state index is 0.0470. The van der Waals surface area contributed by atoms with E-state index < -0.39 is 11.9 Å². The molecule has 0 saturated heterocycles. The Hall–Kier alpha value is -3.03. The number of carbonyl (C=O) groups excluding carboxylic acids is 1. The molecule has 116 valence electrons. The number of methoxy groups -OCH3 is 2. The van der Waals surface area contributed by atoms with E-state index in [2.05, 4.69) is 10.4 Å². The molecule has 2 aromatic rings. The number of aromatic carboxylic acids is 1. The zero-order valence-corrected chi connectivity index (χ0v) is 12.3. The molecule has 1 amide bonds. The van der Waals surface area contributed by atoms with Gasteiger partial charge < -0.3 is 19.9 Å². The molecule has 22 heavy (non-hydrogen) atoms. The number of amides is 1. The van der Waals surface area contributed by atoms with Crippen LogP contribution in [0.15, 0.2) is 24.4 Å². The Balaban J connectivity index is 2.33. The summed E-state index contributed by atoms with van der Waals surface area (Å²) in [5, 5.41) is 15.5. The largest absolute Gasteiger partial charge is 0.497 e. The number of aryl methyl sites for hydroxylation is 1. The molecule has 2 N–H and O–H groups in total. The standard InChI is InChI=1S/C14H15N3O5/c1-17-12(11(7-15-17)14(19)20)13(18)16-8-4-9(21-2)6-10(5-8)22-3/h4-7H,1-3H3,(H,16,18)(H,19,20). The first-order valence-electron chi connectivity index (χ1n) is 6.26. The van der Waals surface area contributed by atoms with Gasteiger partial charge in [-0.05, 0) is 0 Å². The van der Waals surface area contributed by atoms with E-state index in [1.54, 1.807) is 18.2 Å². The Morgan fingerprint density at radius 1 is 1.18 bits per heavy atom. The van der Waals surface area contributed by atoms with Crippen LogP contribution in [0.25, 0.3) is 0 Å². The summed E-state index contributed by atoms with van der Waals surface area (Å²) in [7, 11) is 4.47. The van der Waals surface area contributed by atoms with E-state index in [1.165, 1.54) is 25.9 Å². The topological polar surface area (TPSA) is 103 Å². The van der Waals surface area contributed by atoms with Crippen LogP contribution in [-0.2, 0) is 7.05 Å². The van der Waals surface area contributed by atoms with Gasteiger partial charge in [-0.3, -0.25) is 9.48 Å². The van der Waals surface area contributed by atoms with Crippen LogP contribution in [0.5, 0.6) is 11.5 Å². The number of carbonyl (C=O) groups is 2. The predicted molar refractivity (Wildman–Crippen MR) is 77.7 cm³/mol. The third kappa shape index (κ3) is 3.00. The number of hydrogen-bond donors (Lipinski definition) is 2. The molecule has 0 aliphatic heterocycles. The number of benzene rings is 1. The van der Waals surface area contributed by atoms with Gasteiger partial charge in [0.1, 0.15) is 22.8 Å². The number of carboxylic acids is 1. The fourth-order valence-electron chi connectivity index (χ4n) is 1.93. The Morgan fingerprint density at radius 2 is 1.77 bits per heavy atom. The fraction of sp³-hybridized carbons (Fsp3) is 0.214. The van der Waals surface area contributed by atoms with Crippen LogP contribution in [0.1, 0.15) is 20.8 Å². The first-order valence-corrected chi connectivity index (χ1v) is 6.26. The van der Waals surface area contributed by atoms with Crippen molar-refractivity contribution in [1.29, 1.82) is 0 Å². The zero-order chi connectivity index (χ0) is 16.3. The Kier molecular flexibility index (Phi) is 4.31. The summed E-state index contributed by atoms with van der Waals surface area (Å²) in [5.74, 6) is -0.814. The van der Waals surface area contributed by atoms with E-state index in [0.29, 0.717) is 17.2 Å². The number of nitrogens with zero attached hydrogens (tertiary/aromatic N) is 2. The minimum atomic E-state index is -1.22. The number of rotatable bonds is 5. The minimum Gasteiger partial charge on any atom is -0.497 e. The average molecular weight is 305 g/mol. The lowest BCUT2D eigenvalue weighted by Gasteiger charge is -2.10. The summed E-state index contributed by atoms with van der Waals surface area (Å²) < 4.78 is 11.4. The molecule has 0 unspecified atom stereocenters. The number of nitrogens with one attached hydrogen (secondary N) is 1. The van der Waals surface area contributed by atoms with Crippen LogP contribution in [0.3, 0.4) is 0 Å². The zero-order valence-electron chi connectivity index (χ0n) is 12.3. The molecule has 1 aromatic heterocycles. The normalized spacial score (nSPS) is 10.1. The number of carboxylic acid groups (broad SMARTS) is 1. The lowest BCUT2D eigenvalue weighted by atomic mass is 10.2. The maximum Gasteiger partial charge on any atom is 0.339 e. The smallest absolute Gasteiger partial charge is 0.339 e. The molecule has 1 aromatic carbocycles. The summed E-state index contributed by atoms with van der Waals surface area (Å²) >= 11 is 0. The van der Waals surface area contributed by atoms with Crippen LogP contribution >= 0.6 is 0 Å². The molecule has 0 radical (unpaired) electrons. The molecule has 0 bridgehead atoms. The van der Waals surface area contributed by atoms with Crippen molar-refractivity contribution < 1.29 is 24.2 Å². The lowest BCUT2D eigenvalue weighted by Crippen LogP contribution is -2.19. The summed E-state index contributed by atoms with van der Waals surface area (Å²) in [6, 6.07) is 4.84. The van der Waals surface area contributed by atoms with Gasteiger partial charge in [-0.1, -0.05) is 0 Å². The molecular weight excluding hydrogens is 290 g/mol. The number of aromatic nitrogens is 2. The van der Waals surface area contributed by atoms with Gasteiger partial charge >= 0.3 is 5.97 Å². The maximum atomic E-state index is 12.3. The van der Waals surface area contributed by atoms with Crippen LogP contribution in [0.2, 0.25) is 0 Å². The van der Waals surface area contributed by atoms with Crippen LogP contribution in [0, 0.1) is 0 Å². The predicted octanol–water partition coefficient (Wildman–Crippen LogP) is 1.39. The Bertz CT molecular complexity index is 701. The van der Waals surface area contributed by atoms with Gasteiger partial charge in [0, 0.05) is 30.9 Å². The second-order valence-corrected chi connectivity index (χ2v) is 4.39. The highest BCUT2D eigenvalue weighted by Crippen LogP contribution is 2.26. The average Bonchev–Trinajstić information content (AvgIpc) is 2.88. The van der Waals surface area contributed by atoms with Crippen molar-refractivity contribution in [2.45, 2.75) is 0 Å². The fourth-order valence-corrected chi connectivity index (χ4v) is 1.93. The SMILES string of the molecule is COc1cc(NC(=O)c2c(C(=O)O)cnn2C)cc(OC)c1. The van der Waals surface area contributed by atoms with Gasteiger partial charge in [-0.15, -0.1) is 0 Å². The van der Waals surface area contributed by atoms with E-state index >= 15 is 0 Å². The molecule has 1 heterocycles. The van der Waals surface area contributed by atoms with Gasteiger partial charge in [0.05, 0.1) is 20.4 Å². The number of ether oxygens (including phenoxy) is 2. The maximum absolute atomic E-state index is 12.3. The van der Waals surface area contributed by atoms with Gasteiger partial charge in [0.15, 0.2) is 0 Å². The highest BCUT2D eigenvalue weighted by atomic mass is 16.5. The molecule has 8 heteroatoms. The Labute approximate surface area is 126 Å². The van der Waals surface area contributed by atoms with E-state index in [0.717, 1.165) is 6.20 Å². The van der Waals surface area contributed by atoms with Gasteiger partial charge in [-0.2, -0.15) is 5.10 Å². The highest BCUT2D eigenvalue weighted by molar-refractivity contribution is 6.09. The number of hydrogen-bond acceptors (Lipinski definition) is 5. The third-order valence-electron chi connectivity index (χ3n) is 2.99. The second-order valence-electron chi connectivity index (χ2n) is 4.39. The monoisotopic (exact) mass is 305 g/mol. The van der Waals surface area contributed by atoms with Crippen molar-refractivity contribution in [3.63, 3.8) is 0 Å². The first kappa shape index (κ1) is 15.4. The number of anilines is 1. The van der Waals surface area contributed by atoms with E-state index in [4.69, 9.17) is 14.6 Å². The Morgan fingerprint density at radius 3 is 2.27 bits per heavy atom. The van der Waals surface area contributed by atoms with Crippen molar-refractivity contribution in [3.05, 3.63) is 35.7 Å². The second kappa shape index (κ2) is 6.17. The van der Waals surface area contributed by atoms with Gasteiger partial charge in [-0.25, -0.2) is 4.79 Å². The molecule has 0 spiro atoms. The van der Waals surface area contributed by atoms with Crippen LogP contribution in [-0.4, -0.2) is 41.0 Å². The molecule has 0 saturated carbocycles. The summed E-state index contributed by atoms with van der Waals surface area (Å²) in [4.78, 5) is 23.4. The molecule has 2 rings (SSSR count). The summed E-state index contributed by atoms with van der Waals surface area (Å²) in [6.45, 7) is 0. The summed E-state index contributed by atoms with van der Waals surface area (Å²) in [5.41, 5.74) is 0.197. The van der Waals surface area contributed by atoms with Crippen molar-refractivity contribution in [2.24, 2.45) is 7.05 Å². The van der Waals surface area contributed by atoms with E-state index in [1.807, 2.05) is 0 Å². The van der Waals surface area contributed by atoms with Crippen LogP contribution in [0.4, 0.5) is 5.69 Å². The van der Waals surface area contributed by atoms with Crippen molar-refractivity contribution in [1.82, 2.24) is 9.78 Å². The molecular formula is C14H15N3O5. The molecule has 0 aliphatic rings. The van der Waals surface area contributed by atoms with Crippen molar-refractivity contribution in [3.8, 4) is 11.5 Å². The van der Waals surface area contributed by atoms with Crippen molar-refractivity contribution in [2.75, 3.05) is 19.5 Å². The van der Waals surface area contributed by atoms with Gasteiger partial charge in [0.2, 0.25) is 0 Å².